The Bertz CT molecular complexity index is 665. The minimum Gasteiger partial charge on any atom is -0.467 e. The van der Waals surface area contributed by atoms with Crippen LogP contribution in [-0.2, 0) is 23.9 Å². The first kappa shape index (κ1) is 21.7. The molecular weight excluding hydrogens is 410 g/mol. The summed E-state index contributed by atoms with van der Waals surface area (Å²) in [5, 5.41) is -0.246. The van der Waals surface area contributed by atoms with Crippen LogP contribution in [0.5, 0.6) is 0 Å². The predicted octanol–water partition coefficient (Wildman–Crippen LogP) is 2.87. The van der Waals surface area contributed by atoms with Gasteiger partial charge < -0.3 is 9.47 Å². The van der Waals surface area contributed by atoms with Crippen molar-refractivity contribution in [1.82, 2.24) is 0 Å². The lowest BCUT2D eigenvalue weighted by molar-refractivity contribution is -0.142. The molecule has 0 heterocycles. The van der Waals surface area contributed by atoms with Gasteiger partial charge in [0, 0.05) is 11.6 Å². The molecule has 1 rings (SSSR count). The van der Waals surface area contributed by atoms with Gasteiger partial charge in [0.05, 0.1) is 18.6 Å². The first-order valence-electron chi connectivity index (χ1n) is 7.54. The highest BCUT2D eigenvalue weighted by Crippen LogP contribution is 2.32. The van der Waals surface area contributed by atoms with E-state index in [1.54, 1.807) is 6.92 Å². The number of carbonyl (C=O) groups is 3. The average Bonchev–Trinajstić information content (AvgIpc) is 2.59. The van der Waals surface area contributed by atoms with Crippen LogP contribution in [0.2, 0.25) is 0 Å². The molecule has 0 aliphatic rings. The van der Waals surface area contributed by atoms with Crippen LogP contribution < -0.4 is 4.90 Å². The maximum atomic E-state index is 12.8. The average molecular weight is 432 g/mol. The molecule has 1 atom stereocenters. The SMILES string of the molecule is COCC(=O)SCC(=O)N(c1c(C)ccc(Br)c1C)C(C)C(=O)OC. The van der Waals surface area contributed by atoms with Gasteiger partial charge in [-0.15, -0.1) is 0 Å². The number of esters is 1. The first-order chi connectivity index (χ1) is 11.7. The number of carbonyl (C=O) groups excluding carboxylic acids is 3. The zero-order valence-corrected chi connectivity index (χ0v) is 17.3. The normalized spacial score (nSPS) is 11.8. The van der Waals surface area contributed by atoms with Gasteiger partial charge in [0.25, 0.3) is 0 Å². The van der Waals surface area contributed by atoms with Crippen LogP contribution in [0.3, 0.4) is 0 Å². The van der Waals surface area contributed by atoms with Gasteiger partial charge in [-0.05, 0) is 38.0 Å². The molecule has 1 aromatic carbocycles. The van der Waals surface area contributed by atoms with Crippen molar-refractivity contribution in [3.63, 3.8) is 0 Å². The van der Waals surface area contributed by atoms with Crippen molar-refractivity contribution in [3.05, 3.63) is 27.7 Å². The smallest absolute Gasteiger partial charge is 0.328 e. The van der Waals surface area contributed by atoms with Gasteiger partial charge in [0.15, 0.2) is 0 Å². The van der Waals surface area contributed by atoms with Gasteiger partial charge in [-0.25, -0.2) is 4.79 Å². The highest BCUT2D eigenvalue weighted by atomic mass is 79.9. The van der Waals surface area contributed by atoms with E-state index in [1.807, 2.05) is 26.0 Å². The van der Waals surface area contributed by atoms with Crippen molar-refractivity contribution in [1.29, 1.82) is 0 Å². The van der Waals surface area contributed by atoms with Crippen molar-refractivity contribution in [3.8, 4) is 0 Å². The minimum absolute atomic E-state index is 0.0700. The number of hydrogen-bond donors (Lipinski definition) is 0. The first-order valence-corrected chi connectivity index (χ1v) is 9.32. The van der Waals surface area contributed by atoms with Gasteiger partial charge in [0.2, 0.25) is 11.0 Å². The Morgan fingerprint density at radius 1 is 1.24 bits per heavy atom. The quantitative estimate of drug-likeness (QED) is 0.617. The largest absolute Gasteiger partial charge is 0.467 e. The molecule has 0 spiro atoms. The number of nitrogens with zero attached hydrogens (tertiary/aromatic N) is 1. The lowest BCUT2D eigenvalue weighted by atomic mass is 10.1. The van der Waals surface area contributed by atoms with Crippen molar-refractivity contribution in [2.75, 3.05) is 31.5 Å². The Labute approximate surface area is 160 Å². The Kier molecular flexibility index (Phi) is 8.61. The van der Waals surface area contributed by atoms with Crippen LogP contribution in [0.25, 0.3) is 0 Å². The molecule has 1 unspecified atom stereocenters. The number of ether oxygens (including phenoxy) is 2. The van der Waals surface area contributed by atoms with E-state index >= 15 is 0 Å². The van der Waals surface area contributed by atoms with E-state index < -0.39 is 12.0 Å². The summed E-state index contributed by atoms with van der Waals surface area (Å²) in [6, 6.07) is 2.93. The maximum Gasteiger partial charge on any atom is 0.328 e. The van der Waals surface area contributed by atoms with Gasteiger partial charge in [-0.1, -0.05) is 33.8 Å². The maximum absolute atomic E-state index is 12.8. The summed E-state index contributed by atoms with van der Waals surface area (Å²) < 4.78 is 10.4. The molecule has 25 heavy (non-hydrogen) atoms. The number of aryl methyl sites for hydroxylation is 1. The van der Waals surface area contributed by atoms with E-state index in [2.05, 4.69) is 15.9 Å². The standard InChI is InChI=1S/C17H22BrNO5S/c1-10-6-7-13(18)11(2)16(10)19(12(3)17(22)24-5)14(20)9-25-15(21)8-23-4/h6-7,12H,8-9H2,1-5H3. The number of hydrogen-bond acceptors (Lipinski definition) is 6. The third kappa shape index (κ3) is 5.55. The molecular formula is C17H22BrNO5S. The Morgan fingerprint density at radius 2 is 1.88 bits per heavy atom. The fraction of sp³-hybridized carbons (Fsp3) is 0.471. The number of methoxy groups -OCH3 is 2. The second-order valence-electron chi connectivity index (χ2n) is 5.39. The van der Waals surface area contributed by atoms with Crippen LogP contribution in [-0.4, -0.2) is 49.6 Å². The lowest BCUT2D eigenvalue weighted by Gasteiger charge is -2.30. The van der Waals surface area contributed by atoms with Crippen molar-refractivity contribution < 1.29 is 23.9 Å². The number of amides is 1. The monoisotopic (exact) mass is 431 g/mol. The Morgan fingerprint density at radius 3 is 2.44 bits per heavy atom. The summed E-state index contributed by atoms with van der Waals surface area (Å²) in [4.78, 5) is 37.9. The molecule has 138 valence electrons. The molecule has 6 nitrogen and oxygen atoms in total. The summed E-state index contributed by atoms with van der Waals surface area (Å²) in [5.74, 6) is -0.966. The van der Waals surface area contributed by atoms with Crippen LogP contribution in [0, 0.1) is 13.8 Å². The third-order valence-corrected chi connectivity index (χ3v) is 5.31. The van der Waals surface area contributed by atoms with Crippen LogP contribution >= 0.6 is 27.7 Å². The van der Waals surface area contributed by atoms with Crippen molar-refractivity contribution in [2.24, 2.45) is 0 Å². The fourth-order valence-electron chi connectivity index (χ4n) is 2.36. The number of benzene rings is 1. The molecule has 0 saturated heterocycles. The topological polar surface area (TPSA) is 72.9 Å². The highest BCUT2D eigenvalue weighted by molar-refractivity contribution is 9.10. The Hall–Kier alpha value is -1.38. The Balaban J connectivity index is 3.23. The fourth-order valence-corrected chi connectivity index (χ4v) is 3.31. The number of rotatable bonds is 7. The summed E-state index contributed by atoms with van der Waals surface area (Å²) in [7, 11) is 2.69. The van der Waals surface area contributed by atoms with E-state index in [9.17, 15) is 14.4 Å². The molecule has 0 N–H and O–H groups in total. The zero-order valence-electron chi connectivity index (χ0n) is 14.9. The van der Waals surface area contributed by atoms with Crippen molar-refractivity contribution >= 4 is 50.4 Å². The molecule has 1 aromatic rings. The lowest BCUT2D eigenvalue weighted by Crippen LogP contribution is -2.46. The summed E-state index contributed by atoms with van der Waals surface area (Å²) in [5.41, 5.74) is 2.31. The molecule has 0 aliphatic heterocycles. The molecule has 0 saturated carbocycles. The van der Waals surface area contributed by atoms with Crippen LogP contribution in [0.15, 0.2) is 16.6 Å². The summed E-state index contributed by atoms with van der Waals surface area (Å²) in [6.45, 7) is 5.26. The third-order valence-electron chi connectivity index (χ3n) is 3.62. The number of halogens is 1. The van der Waals surface area contributed by atoms with E-state index in [4.69, 9.17) is 9.47 Å². The van der Waals surface area contributed by atoms with Gasteiger partial charge in [0.1, 0.15) is 12.6 Å². The molecule has 0 fully saturated rings. The van der Waals surface area contributed by atoms with Gasteiger partial charge in [-0.2, -0.15) is 0 Å². The highest BCUT2D eigenvalue weighted by Gasteiger charge is 2.31. The molecule has 0 radical (unpaired) electrons. The minimum atomic E-state index is -0.817. The van der Waals surface area contributed by atoms with Gasteiger partial charge >= 0.3 is 5.97 Å². The van der Waals surface area contributed by atoms with E-state index in [0.717, 1.165) is 27.4 Å². The summed E-state index contributed by atoms with van der Waals surface area (Å²) in [6.07, 6.45) is 0. The number of thioether (sulfide) groups is 1. The van der Waals surface area contributed by atoms with Crippen molar-refractivity contribution in [2.45, 2.75) is 26.8 Å². The molecule has 0 bridgehead atoms. The van der Waals surface area contributed by atoms with Gasteiger partial charge in [-0.3, -0.25) is 14.5 Å². The van der Waals surface area contributed by atoms with Crippen LogP contribution in [0.4, 0.5) is 5.69 Å². The molecule has 0 aliphatic carbocycles. The second kappa shape index (κ2) is 9.94. The van der Waals surface area contributed by atoms with E-state index in [0.29, 0.717) is 5.69 Å². The second-order valence-corrected chi connectivity index (χ2v) is 7.28. The zero-order chi connectivity index (χ0) is 19.1. The number of anilines is 1. The molecule has 1 amide bonds. The molecule has 0 aromatic heterocycles. The van der Waals surface area contributed by atoms with E-state index in [1.165, 1.54) is 19.1 Å². The predicted molar refractivity (Wildman–Crippen MR) is 102 cm³/mol. The summed E-state index contributed by atoms with van der Waals surface area (Å²) >= 11 is 4.32. The molecule has 8 heteroatoms. The van der Waals surface area contributed by atoms with Crippen LogP contribution in [0.1, 0.15) is 18.1 Å². The van der Waals surface area contributed by atoms with E-state index in [-0.39, 0.29) is 23.4 Å².